The van der Waals surface area contributed by atoms with Gasteiger partial charge in [-0.2, -0.15) is 0 Å². The van der Waals surface area contributed by atoms with Gasteiger partial charge in [-0.1, -0.05) is 13.8 Å². The summed E-state index contributed by atoms with van der Waals surface area (Å²) in [5.41, 5.74) is -0.227. The largest absolute Gasteiger partial charge is 0.381 e. The molecule has 2 saturated carbocycles. The van der Waals surface area contributed by atoms with Gasteiger partial charge in [-0.3, -0.25) is 0 Å². The third kappa shape index (κ3) is 2.66. The lowest BCUT2D eigenvalue weighted by Crippen LogP contribution is -2.65. The number of carbonyl (C=O) groups is 1. The van der Waals surface area contributed by atoms with E-state index in [-0.39, 0.29) is 35.2 Å². The normalized spacial score (nSPS) is 41.4. The maximum Gasteiger partial charge on any atom is 0.315 e. The molecular formula is C16H28N2O3. The zero-order valence-electron chi connectivity index (χ0n) is 13.6. The predicted octanol–water partition coefficient (Wildman–Crippen LogP) is 2.06. The average molecular weight is 296 g/mol. The van der Waals surface area contributed by atoms with E-state index in [1.807, 2.05) is 0 Å². The monoisotopic (exact) mass is 296 g/mol. The fraction of sp³-hybridized carbons (Fsp3) is 0.938. The van der Waals surface area contributed by atoms with Crippen molar-refractivity contribution in [2.24, 2.45) is 11.3 Å². The Hall–Kier alpha value is -0.810. The van der Waals surface area contributed by atoms with Gasteiger partial charge >= 0.3 is 6.03 Å². The van der Waals surface area contributed by atoms with Crippen molar-refractivity contribution in [1.82, 2.24) is 10.6 Å². The summed E-state index contributed by atoms with van der Waals surface area (Å²) in [6, 6.07) is 0.106. The number of carbonyl (C=O) groups excluding carboxylic acids is 1. The average Bonchev–Trinajstić information content (AvgIpc) is 3.17. The molecule has 0 aromatic carbocycles. The van der Waals surface area contributed by atoms with Crippen LogP contribution in [0, 0.1) is 11.3 Å². The molecule has 5 nitrogen and oxygen atoms in total. The van der Waals surface area contributed by atoms with E-state index in [0.29, 0.717) is 5.92 Å². The number of methoxy groups -OCH3 is 1. The lowest BCUT2D eigenvalue weighted by molar-refractivity contribution is -0.0937. The predicted molar refractivity (Wildman–Crippen MR) is 80.1 cm³/mol. The smallest absolute Gasteiger partial charge is 0.315 e. The Morgan fingerprint density at radius 1 is 1.29 bits per heavy atom. The van der Waals surface area contributed by atoms with Gasteiger partial charge in [0.25, 0.3) is 0 Å². The van der Waals surface area contributed by atoms with E-state index in [9.17, 15) is 4.79 Å². The molecule has 2 N–H and O–H groups in total. The highest BCUT2D eigenvalue weighted by molar-refractivity contribution is 5.75. The Kier molecular flexibility index (Phi) is 3.69. The van der Waals surface area contributed by atoms with Crippen LogP contribution in [0.4, 0.5) is 4.79 Å². The van der Waals surface area contributed by atoms with Crippen molar-refractivity contribution in [3.8, 4) is 0 Å². The molecular weight excluding hydrogens is 268 g/mol. The number of rotatable bonds is 4. The Labute approximate surface area is 127 Å². The van der Waals surface area contributed by atoms with Crippen LogP contribution in [0.25, 0.3) is 0 Å². The van der Waals surface area contributed by atoms with E-state index in [0.717, 1.165) is 19.4 Å². The first kappa shape index (κ1) is 15.1. The van der Waals surface area contributed by atoms with Crippen LogP contribution in [0.1, 0.15) is 46.5 Å². The van der Waals surface area contributed by atoms with Crippen LogP contribution in [0.5, 0.6) is 0 Å². The molecule has 5 heteroatoms. The highest BCUT2D eigenvalue weighted by Crippen LogP contribution is 2.44. The summed E-state index contributed by atoms with van der Waals surface area (Å²) >= 11 is 0. The molecule has 1 heterocycles. The summed E-state index contributed by atoms with van der Waals surface area (Å²) in [6.07, 6.45) is 4.66. The Balaban J connectivity index is 1.55. The van der Waals surface area contributed by atoms with Gasteiger partial charge in [0.15, 0.2) is 0 Å². The molecule has 3 rings (SSSR count). The van der Waals surface area contributed by atoms with E-state index in [1.54, 1.807) is 7.11 Å². The molecule has 120 valence electrons. The second kappa shape index (κ2) is 5.13. The molecule has 0 radical (unpaired) electrons. The second-order valence-electron chi connectivity index (χ2n) is 7.73. The molecule has 4 atom stereocenters. The van der Waals surface area contributed by atoms with Gasteiger partial charge in [0.2, 0.25) is 0 Å². The maximum absolute atomic E-state index is 12.4. The molecule has 3 aliphatic rings. The van der Waals surface area contributed by atoms with Crippen molar-refractivity contribution >= 4 is 6.03 Å². The molecule has 2 aliphatic carbocycles. The zero-order chi connectivity index (χ0) is 15.3. The molecule has 2 amide bonds. The Morgan fingerprint density at radius 2 is 2.00 bits per heavy atom. The van der Waals surface area contributed by atoms with Crippen LogP contribution in [0.15, 0.2) is 0 Å². The van der Waals surface area contributed by atoms with E-state index >= 15 is 0 Å². The second-order valence-corrected chi connectivity index (χ2v) is 7.73. The van der Waals surface area contributed by atoms with E-state index in [4.69, 9.17) is 9.47 Å². The van der Waals surface area contributed by atoms with Crippen molar-refractivity contribution < 1.29 is 14.3 Å². The minimum atomic E-state index is -0.222. The summed E-state index contributed by atoms with van der Waals surface area (Å²) in [6.45, 7) is 7.15. The van der Waals surface area contributed by atoms with Gasteiger partial charge in [-0.05, 0) is 38.5 Å². The number of urea groups is 1. The number of amides is 2. The van der Waals surface area contributed by atoms with Crippen LogP contribution in [0.3, 0.4) is 0 Å². The molecule has 0 aromatic heterocycles. The van der Waals surface area contributed by atoms with Crippen LogP contribution in [0.2, 0.25) is 0 Å². The van der Waals surface area contributed by atoms with Crippen molar-refractivity contribution in [2.45, 2.75) is 70.2 Å². The highest BCUT2D eigenvalue weighted by atomic mass is 16.5. The summed E-state index contributed by atoms with van der Waals surface area (Å²) in [7, 11) is 1.74. The van der Waals surface area contributed by atoms with E-state index in [2.05, 4.69) is 31.4 Å². The van der Waals surface area contributed by atoms with Crippen LogP contribution >= 0.6 is 0 Å². The van der Waals surface area contributed by atoms with Crippen LogP contribution in [-0.2, 0) is 9.47 Å². The number of hydrogen-bond donors (Lipinski definition) is 2. The SMILES string of the molecule is COC1CC(NC(=O)NC2(C)CCOC2C2CC2)C1(C)C. The minimum absolute atomic E-state index is 0.00490. The van der Waals surface area contributed by atoms with Gasteiger partial charge in [0.05, 0.1) is 17.7 Å². The zero-order valence-corrected chi connectivity index (χ0v) is 13.6. The standard InChI is InChI=1S/C16H28N2O3/c1-15(2)11(9-12(15)20-4)17-14(19)18-16(3)7-8-21-13(16)10-5-6-10/h10-13H,5-9H2,1-4H3,(H2,17,18,19). The first-order valence-corrected chi connectivity index (χ1v) is 8.10. The lowest BCUT2D eigenvalue weighted by atomic mass is 9.64. The number of hydrogen-bond acceptors (Lipinski definition) is 3. The Bertz CT molecular complexity index is 422. The summed E-state index contributed by atoms with van der Waals surface area (Å²) in [4.78, 5) is 12.4. The van der Waals surface area contributed by atoms with Gasteiger partial charge in [0.1, 0.15) is 0 Å². The fourth-order valence-electron chi connectivity index (χ4n) is 3.90. The summed E-state index contributed by atoms with van der Waals surface area (Å²) in [5, 5.41) is 6.30. The van der Waals surface area contributed by atoms with Crippen molar-refractivity contribution in [3.05, 3.63) is 0 Å². The first-order valence-electron chi connectivity index (χ1n) is 8.10. The maximum atomic E-state index is 12.4. The molecule has 1 aliphatic heterocycles. The molecule has 1 saturated heterocycles. The molecule has 0 bridgehead atoms. The van der Waals surface area contributed by atoms with Crippen molar-refractivity contribution in [3.63, 3.8) is 0 Å². The van der Waals surface area contributed by atoms with Gasteiger partial charge in [-0.15, -0.1) is 0 Å². The van der Waals surface area contributed by atoms with Crippen LogP contribution < -0.4 is 10.6 Å². The summed E-state index contributed by atoms with van der Waals surface area (Å²) in [5.74, 6) is 0.635. The molecule has 3 fully saturated rings. The number of ether oxygens (including phenoxy) is 2. The molecule has 0 spiro atoms. The summed E-state index contributed by atoms with van der Waals surface area (Å²) < 4.78 is 11.3. The molecule has 0 aromatic rings. The van der Waals surface area contributed by atoms with E-state index < -0.39 is 0 Å². The van der Waals surface area contributed by atoms with Crippen LogP contribution in [-0.4, -0.2) is 43.5 Å². The van der Waals surface area contributed by atoms with Gasteiger partial charge in [0, 0.05) is 25.2 Å². The molecule has 4 unspecified atom stereocenters. The fourth-order valence-corrected chi connectivity index (χ4v) is 3.90. The third-order valence-electron chi connectivity index (χ3n) is 5.76. The van der Waals surface area contributed by atoms with E-state index in [1.165, 1.54) is 12.8 Å². The van der Waals surface area contributed by atoms with Crippen molar-refractivity contribution in [1.29, 1.82) is 0 Å². The first-order chi connectivity index (χ1) is 9.87. The minimum Gasteiger partial charge on any atom is -0.381 e. The quantitative estimate of drug-likeness (QED) is 0.835. The van der Waals surface area contributed by atoms with Gasteiger partial charge in [-0.25, -0.2) is 4.79 Å². The van der Waals surface area contributed by atoms with Crippen molar-refractivity contribution in [2.75, 3.05) is 13.7 Å². The Morgan fingerprint density at radius 3 is 2.57 bits per heavy atom. The lowest BCUT2D eigenvalue weighted by Gasteiger charge is -2.51. The number of nitrogens with one attached hydrogen (secondary N) is 2. The highest BCUT2D eigenvalue weighted by Gasteiger charge is 2.51. The topological polar surface area (TPSA) is 59.6 Å². The van der Waals surface area contributed by atoms with Gasteiger partial charge < -0.3 is 20.1 Å². The third-order valence-corrected chi connectivity index (χ3v) is 5.76. The molecule has 21 heavy (non-hydrogen) atoms.